The van der Waals surface area contributed by atoms with Crippen molar-refractivity contribution in [1.82, 2.24) is 15.2 Å². The second-order valence-electron chi connectivity index (χ2n) is 11.5. The van der Waals surface area contributed by atoms with Gasteiger partial charge in [0.1, 0.15) is 5.75 Å². The van der Waals surface area contributed by atoms with Gasteiger partial charge in [-0.25, -0.2) is 0 Å². The number of hydrogen-bond acceptors (Lipinski definition) is 5. The summed E-state index contributed by atoms with van der Waals surface area (Å²) >= 11 is 6.57. The molecule has 7 nitrogen and oxygen atoms in total. The Bertz CT molecular complexity index is 1160. The molecule has 0 spiro atoms. The molecule has 0 radical (unpaired) electrons. The Morgan fingerprint density at radius 2 is 2.00 bits per heavy atom. The molecule has 4 saturated carbocycles. The molecular weight excluding hydrogens is 490 g/mol. The van der Waals surface area contributed by atoms with Crippen LogP contribution in [0.5, 0.6) is 5.75 Å². The van der Waals surface area contributed by atoms with Gasteiger partial charge in [0.25, 0.3) is 5.91 Å². The molecule has 3 unspecified atom stereocenters. The number of aromatic nitrogens is 1. The molecular formula is C29H34ClN3O4. The summed E-state index contributed by atoms with van der Waals surface area (Å²) in [5, 5.41) is 14.3. The lowest BCUT2D eigenvalue weighted by atomic mass is 9.52. The normalized spacial score (nSPS) is 32.1. The first-order valence-corrected chi connectivity index (χ1v) is 13.9. The summed E-state index contributed by atoms with van der Waals surface area (Å²) in [6.07, 6.45) is 8.12. The molecule has 1 aromatic carbocycles. The molecule has 4 bridgehead atoms. The van der Waals surface area contributed by atoms with Gasteiger partial charge in [-0.05, 0) is 92.5 Å². The SMILES string of the molecule is O=C(COc1ccc(CC2CCN(C3C4CC5CC3CC(O)(C5)C4)C2=O)c(Cl)c1)NCc1ccccn1. The topological polar surface area (TPSA) is 91.8 Å². The summed E-state index contributed by atoms with van der Waals surface area (Å²) in [7, 11) is 0. The van der Waals surface area contributed by atoms with E-state index >= 15 is 0 Å². The predicted molar refractivity (Wildman–Crippen MR) is 139 cm³/mol. The van der Waals surface area contributed by atoms with Crippen molar-refractivity contribution in [2.75, 3.05) is 13.2 Å². The summed E-state index contributed by atoms with van der Waals surface area (Å²) in [5.41, 5.74) is 1.23. The van der Waals surface area contributed by atoms with Gasteiger partial charge in [0.05, 0.1) is 17.8 Å². The van der Waals surface area contributed by atoms with Crippen LogP contribution in [0.15, 0.2) is 42.6 Å². The average Bonchev–Trinajstić information content (AvgIpc) is 3.22. The minimum Gasteiger partial charge on any atom is -0.484 e. The molecule has 3 atom stereocenters. The third-order valence-corrected chi connectivity index (χ3v) is 9.31. The number of likely N-dealkylation sites (tertiary alicyclic amines) is 1. The Hall–Kier alpha value is -2.64. The minimum absolute atomic E-state index is 0.0677. The van der Waals surface area contributed by atoms with Gasteiger partial charge >= 0.3 is 0 Å². The summed E-state index contributed by atoms with van der Waals surface area (Å²) in [6.45, 7) is 1.04. The first-order valence-electron chi connectivity index (χ1n) is 13.5. The van der Waals surface area contributed by atoms with Crippen LogP contribution in [0.4, 0.5) is 0 Å². The molecule has 2 amide bonds. The van der Waals surface area contributed by atoms with Gasteiger partial charge in [-0.2, -0.15) is 0 Å². The van der Waals surface area contributed by atoms with E-state index in [0.29, 0.717) is 47.5 Å². The van der Waals surface area contributed by atoms with Crippen molar-refractivity contribution < 1.29 is 19.4 Å². The van der Waals surface area contributed by atoms with E-state index in [1.807, 2.05) is 30.3 Å². The highest BCUT2D eigenvalue weighted by Gasteiger charge is 2.57. The third kappa shape index (κ3) is 5.08. The van der Waals surface area contributed by atoms with Crippen molar-refractivity contribution in [2.45, 2.75) is 63.1 Å². The van der Waals surface area contributed by atoms with Crippen LogP contribution in [0.1, 0.15) is 49.8 Å². The standard InChI is InChI=1S/C29H34ClN3O4/c30-25-12-24(37-17-26(34)32-16-23-3-1-2-7-31-23)5-4-19(25)11-20-6-8-33(28(20)35)27-21-9-18-10-22(27)15-29(36,13-18)14-21/h1-5,7,12,18,20-22,27,36H,6,8-11,13-17H2,(H,32,34). The monoisotopic (exact) mass is 523 g/mol. The second kappa shape index (κ2) is 9.91. The molecule has 1 aromatic heterocycles. The molecule has 2 heterocycles. The van der Waals surface area contributed by atoms with Crippen LogP contribution < -0.4 is 10.1 Å². The minimum atomic E-state index is -0.480. The van der Waals surface area contributed by atoms with E-state index in [0.717, 1.165) is 56.3 Å². The van der Waals surface area contributed by atoms with E-state index in [-0.39, 0.29) is 24.3 Å². The van der Waals surface area contributed by atoms with Gasteiger partial charge in [0, 0.05) is 29.7 Å². The highest BCUT2D eigenvalue weighted by Crippen LogP contribution is 2.57. The number of nitrogens with one attached hydrogen (secondary N) is 1. The lowest BCUT2D eigenvalue weighted by molar-refractivity contribution is -0.168. The smallest absolute Gasteiger partial charge is 0.258 e. The van der Waals surface area contributed by atoms with E-state index < -0.39 is 5.60 Å². The number of pyridine rings is 1. The summed E-state index contributed by atoms with van der Waals surface area (Å²) in [6, 6.07) is 11.3. The first kappa shape index (κ1) is 24.7. The molecule has 2 aromatic rings. The maximum Gasteiger partial charge on any atom is 0.258 e. The zero-order valence-corrected chi connectivity index (χ0v) is 21.7. The van der Waals surface area contributed by atoms with Gasteiger partial charge in [-0.3, -0.25) is 14.6 Å². The highest BCUT2D eigenvalue weighted by molar-refractivity contribution is 6.31. The number of carbonyl (C=O) groups excluding carboxylic acids is 2. The number of aliphatic hydroxyl groups is 1. The van der Waals surface area contributed by atoms with Crippen molar-refractivity contribution >= 4 is 23.4 Å². The number of carbonyl (C=O) groups is 2. The van der Waals surface area contributed by atoms with E-state index in [2.05, 4.69) is 15.2 Å². The summed E-state index contributed by atoms with van der Waals surface area (Å²) < 4.78 is 5.63. The highest BCUT2D eigenvalue weighted by atomic mass is 35.5. The molecule has 2 N–H and O–H groups in total. The summed E-state index contributed by atoms with van der Waals surface area (Å²) in [4.78, 5) is 31.9. The zero-order chi connectivity index (χ0) is 25.6. The van der Waals surface area contributed by atoms with E-state index in [1.165, 1.54) is 0 Å². The van der Waals surface area contributed by atoms with Crippen molar-refractivity contribution in [3.63, 3.8) is 0 Å². The maximum absolute atomic E-state index is 13.5. The predicted octanol–water partition coefficient (Wildman–Crippen LogP) is 3.76. The maximum atomic E-state index is 13.5. The molecule has 4 aliphatic carbocycles. The van der Waals surface area contributed by atoms with Crippen LogP contribution >= 0.6 is 11.6 Å². The summed E-state index contributed by atoms with van der Waals surface area (Å²) in [5.74, 6) is 1.98. The van der Waals surface area contributed by atoms with Gasteiger partial charge in [0.15, 0.2) is 6.61 Å². The molecule has 7 rings (SSSR count). The molecule has 37 heavy (non-hydrogen) atoms. The quantitative estimate of drug-likeness (QED) is 0.549. The van der Waals surface area contributed by atoms with E-state index in [9.17, 15) is 14.7 Å². The van der Waals surface area contributed by atoms with Gasteiger partial charge < -0.3 is 20.1 Å². The Morgan fingerprint density at radius 1 is 1.19 bits per heavy atom. The van der Waals surface area contributed by atoms with Crippen molar-refractivity contribution in [3.05, 3.63) is 58.9 Å². The van der Waals surface area contributed by atoms with Gasteiger partial charge in [-0.15, -0.1) is 0 Å². The fourth-order valence-electron chi connectivity index (χ4n) is 7.65. The number of halogens is 1. The van der Waals surface area contributed by atoms with Crippen molar-refractivity contribution in [3.8, 4) is 5.75 Å². The third-order valence-electron chi connectivity index (χ3n) is 8.96. The number of amides is 2. The van der Waals surface area contributed by atoms with Crippen LogP contribution in [0.3, 0.4) is 0 Å². The Labute approximate surface area is 222 Å². The first-order chi connectivity index (χ1) is 17.9. The molecule has 1 saturated heterocycles. The number of hydrogen-bond donors (Lipinski definition) is 2. The zero-order valence-electron chi connectivity index (χ0n) is 20.9. The average molecular weight is 524 g/mol. The van der Waals surface area contributed by atoms with Crippen LogP contribution in [0, 0.1) is 23.7 Å². The molecule has 5 fully saturated rings. The number of nitrogens with zero attached hydrogens (tertiary/aromatic N) is 2. The Balaban J connectivity index is 1.02. The number of ether oxygens (including phenoxy) is 1. The van der Waals surface area contributed by atoms with Gasteiger partial charge in [0.2, 0.25) is 5.91 Å². The molecule has 5 aliphatic rings. The molecule has 8 heteroatoms. The Morgan fingerprint density at radius 3 is 2.70 bits per heavy atom. The second-order valence-corrected chi connectivity index (χ2v) is 12.0. The van der Waals surface area contributed by atoms with Crippen molar-refractivity contribution in [2.24, 2.45) is 23.7 Å². The molecule has 1 aliphatic heterocycles. The van der Waals surface area contributed by atoms with Crippen LogP contribution in [0.2, 0.25) is 5.02 Å². The van der Waals surface area contributed by atoms with Crippen molar-refractivity contribution in [1.29, 1.82) is 0 Å². The van der Waals surface area contributed by atoms with E-state index in [4.69, 9.17) is 16.3 Å². The number of benzene rings is 1. The lowest BCUT2D eigenvalue weighted by Crippen LogP contribution is -2.62. The van der Waals surface area contributed by atoms with Crippen LogP contribution in [0.25, 0.3) is 0 Å². The van der Waals surface area contributed by atoms with E-state index in [1.54, 1.807) is 12.3 Å². The fraction of sp³-hybridized carbons (Fsp3) is 0.552. The largest absolute Gasteiger partial charge is 0.484 e. The van der Waals surface area contributed by atoms with Crippen LogP contribution in [-0.4, -0.2) is 51.6 Å². The lowest BCUT2D eigenvalue weighted by Gasteiger charge is -2.59. The number of rotatable bonds is 8. The van der Waals surface area contributed by atoms with Gasteiger partial charge in [-0.1, -0.05) is 23.7 Å². The Kier molecular flexibility index (Phi) is 6.61. The molecule has 196 valence electrons. The van der Waals surface area contributed by atoms with Crippen LogP contribution in [-0.2, 0) is 22.6 Å². The fourth-order valence-corrected chi connectivity index (χ4v) is 7.90.